The average Bonchev–Trinajstić information content (AvgIpc) is 2.36. The average molecular weight is 360 g/mol. The Labute approximate surface area is 128 Å². The van der Waals surface area contributed by atoms with Gasteiger partial charge in [0, 0.05) is 15.8 Å². The van der Waals surface area contributed by atoms with Crippen molar-refractivity contribution in [3.05, 3.63) is 56.5 Å². The van der Waals surface area contributed by atoms with Gasteiger partial charge in [0.25, 0.3) is 5.91 Å². The number of anilines is 2. The van der Waals surface area contributed by atoms with Gasteiger partial charge >= 0.3 is 0 Å². The number of rotatable bonds is 2. The fourth-order valence-corrected chi connectivity index (χ4v) is 2.16. The summed E-state index contributed by atoms with van der Waals surface area (Å²) in [6.45, 7) is 0. The molecule has 0 aromatic heterocycles. The SMILES string of the molecule is Nc1ccc(Br)cc1C(=O)Nc1ccc(Cl)c(Cl)c1. The molecule has 98 valence electrons. The van der Waals surface area contributed by atoms with Crippen molar-refractivity contribution in [2.45, 2.75) is 0 Å². The highest BCUT2D eigenvalue weighted by Gasteiger charge is 2.11. The molecule has 0 aliphatic carbocycles. The molecule has 0 atom stereocenters. The summed E-state index contributed by atoms with van der Waals surface area (Å²) in [5.74, 6) is -0.308. The van der Waals surface area contributed by atoms with Gasteiger partial charge in [-0.05, 0) is 36.4 Å². The molecule has 2 rings (SSSR count). The van der Waals surface area contributed by atoms with E-state index < -0.39 is 0 Å². The molecule has 3 N–H and O–H groups in total. The van der Waals surface area contributed by atoms with E-state index in [9.17, 15) is 4.79 Å². The summed E-state index contributed by atoms with van der Waals surface area (Å²) in [7, 11) is 0. The van der Waals surface area contributed by atoms with Gasteiger partial charge in [0.1, 0.15) is 0 Å². The van der Waals surface area contributed by atoms with E-state index in [4.69, 9.17) is 28.9 Å². The standard InChI is InChI=1S/C13H9BrCl2N2O/c14-7-1-4-12(17)9(5-7)13(19)18-8-2-3-10(15)11(16)6-8/h1-6H,17H2,(H,18,19). The molecule has 0 unspecified atom stereocenters. The lowest BCUT2D eigenvalue weighted by atomic mass is 10.1. The van der Waals surface area contributed by atoms with Gasteiger partial charge in [-0.1, -0.05) is 39.1 Å². The molecule has 6 heteroatoms. The van der Waals surface area contributed by atoms with Gasteiger partial charge in [-0.2, -0.15) is 0 Å². The molecule has 0 aliphatic rings. The lowest BCUT2D eigenvalue weighted by molar-refractivity contribution is 0.102. The number of nitrogens with two attached hydrogens (primary N) is 1. The van der Waals surface area contributed by atoms with E-state index in [2.05, 4.69) is 21.2 Å². The number of halogens is 3. The van der Waals surface area contributed by atoms with Crippen LogP contribution in [0.3, 0.4) is 0 Å². The van der Waals surface area contributed by atoms with E-state index >= 15 is 0 Å². The minimum Gasteiger partial charge on any atom is -0.398 e. The number of nitrogen functional groups attached to an aromatic ring is 1. The number of amides is 1. The number of hydrogen-bond acceptors (Lipinski definition) is 2. The Hall–Kier alpha value is -1.23. The fourth-order valence-electron chi connectivity index (χ4n) is 1.50. The van der Waals surface area contributed by atoms with Crippen molar-refractivity contribution < 1.29 is 4.79 Å². The lowest BCUT2D eigenvalue weighted by Crippen LogP contribution is -2.14. The molecule has 0 aliphatic heterocycles. The second kappa shape index (κ2) is 5.82. The number of carbonyl (C=O) groups is 1. The van der Waals surface area contributed by atoms with Crippen LogP contribution in [0.1, 0.15) is 10.4 Å². The topological polar surface area (TPSA) is 55.1 Å². The Balaban J connectivity index is 2.25. The summed E-state index contributed by atoms with van der Waals surface area (Å²) >= 11 is 15.0. The molecule has 1 amide bonds. The zero-order valence-corrected chi connectivity index (χ0v) is 12.7. The summed E-state index contributed by atoms with van der Waals surface area (Å²) in [4.78, 5) is 12.1. The van der Waals surface area contributed by atoms with Crippen molar-refractivity contribution in [1.82, 2.24) is 0 Å². The van der Waals surface area contributed by atoms with E-state index in [1.807, 2.05) is 0 Å². The zero-order chi connectivity index (χ0) is 14.0. The molecule has 0 spiro atoms. The van der Waals surface area contributed by atoms with Crippen molar-refractivity contribution in [3.63, 3.8) is 0 Å². The number of benzene rings is 2. The van der Waals surface area contributed by atoms with Crippen LogP contribution in [-0.2, 0) is 0 Å². The Bertz CT molecular complexity index is 647. The zero-order valence-electron chi connectivity index (χ0n) is 9.58. The molecule has 0 radical (unpaired) electrons. The highest BCUT2D eigenvalue weighted by Crippen LogP contribution is 2.26. The Kier molecular flexibility index (Phi) is 4.34. The van der Waals surface area contributed by atoms with Crippen LogP contribution in [0.15, 0.2) is 40.9 Å². The minimum atomic E-state index is -0.308. The predicted molar refractivity (Wildman–Crippen MR) is 83.0 cm³/mol. The number of hydrogen-bond donors (Lipinski definition) is 2. The van der Waals surface area contributed by atoms with Crippen LogP contribution in [0.2, 0.25) is 10.0 Å². The molecule has 3 nitrogen and oxygen atoms in total. The van der Waals surface area contributed by atoms with Crippen LogP contribution in [0, 0.1) is 0 Å². The van der Waals surface area contributed by atoms with Crippen molar-refractivity contribution in [2.75, 3.05) is 11.1 Å². The van der Waals surface area contributed by atoms with E-state index in [1.54, 1.807) is 36.4 Å². The van der Waals surface area contributed by atoms with Gasteiger partial charge in [0.15, 0.2) is 0 Å². The molecule has 0 heterocycles. The second-order valence-electron chi connectivity index (χ2n) is 3.81. The quantitative estimate of drug-likeness (QED) is 0.770. The molecule has 2 aromatic rings. The van der Waals surface area contributed by atoms with Gasteiger partial charge in [0.2, 0.25) is 0 Å². The minimum absolute atomic E-state index is 0.308. The van der Waals surface area contributed by atoms with Gasteiger partial charge < -0.3 is 11.1 Å². The molecule has 2 aromatic carbocycles. The van der Waals surface area contributed by atoms with Gasteiger partial charge in [-0.3, -0.25) is 4.79 Å². The summed E-state index contributed by atoms with van der Waals surface area (Å²) in [5, 5.41) is 3.52. The maximum absolute atomic E-state index is 12.1. The monoisotopic (exact) mass is 358 g/mol. The van der Waals surface area contributed by atoms with E-state index in [1.165, 1.54) is 0 Å². The third-order valence-corrected chi connectivity index (χ3v) is 3.67. The molecular weight excluding hydrogens is 351 g/mol. The van der Waals surface area contributed by atoms with Gasteiger partial charge in [-0.15, -0.1) is 0 Å². The molecule has 19 heavy (non-hydrogen) atoms. The number of nitrogens with one attached hydrogen (secondary N) is 1. The summed E-state index contributed by atoms with van der Waals surface area (Å²) < 4.78 is 0.779. The van der Waals surface area contributed by atoms with Crippen molar-refractivity contribution >= 4 is 56.4 Å². The first-order valence-corrected chi connectivity index (χ1v) is 6.83. The molecular formula is C13H9BrCl2N2O. The maximum atomic E-state index is 12.1. The largest absolute Gasteiger partial charge is 0.398 e. The second-order valence-corrected chi connectivity index (χ2v) is 5.54. The Morgan fingerprint density at radius 3 is 2.53 bits per heavy atom. The molecule has 0 saturated carbocycles. The van der Waals surface area contributed by atoms with Crippen molar-refractivity contribution in [1.29, 1.82) is 0 Å². The summed E-state index contributed by atoms with van der Waals surface area (Å²) in [5.41, 5.74) is 7.12. The van der Waals surface area contributed by atoms with Crippen LogP contribution in [-0.4, -0.2) is 5.91 Å². The lowest BCUT2D eigenvalue weighted by Gasteiger charge is -2.08. The summed E-state index contributed by atoms with van der Waals surface area (Å²) in [6, 6.07) is 9.95. The fraction of sp³-hybridized carbons (Fsp3) is 0. The van der Waals surface area contributed by atoms with E-state index in [0.29, 0.717) is 27.0 Å². The third-order valence-electron chi connectivity index (χ3n) is 2.44. The highest BCUT2D eigenvalue weighted by atomic mass is 79.9. The Morgan fingerprint density at radius 2 is 1.84 bits per heavy atom. The first kappa shape index (κ1) is 14.2. The molecule has 0 bridgehead atoms. The van der Waals surface area contributed by atoms with E-state index in [0.717, 1.165) is 4.47 Å². The normalized spacial score (nSPS) is 10.3. The smallest absolute Gasteiger partial charge is 0.257 e. The highest BCUT2D eigenvalue weighted by molar-refractivity contribution is 9.10. The van der Waals surface area contributed by atoms with E-state index in [-0.39, 0.29) is 5.91 Å². The Morgan fingerprint density at radius 1 is 1.11 bits per heavy atom. The van der Waals surface area contributed by atoms with Crippen LogP contribution in [0.4, 0.5) is 11.4 Å². The van der Waals surface area contributed by atoms with Gasteiger partial charge in [-0.25, -0.2) is 0 Å². The van der Waals surface area contributed by atoms with Crippen LogP contribution >= 0.6 is 39.1 Å². The predicted octanol–water partition coefficient (Wildman–Crippen LogP) is 4.59. The van der Waals surface area contributed by atoms with Crippen molar-refractivity contribution in [2.24, 2.45) is 0 Å². The maximum Gasteiger partial charge on any atom is 0.257 e. The van der Waals surface area contributed by atoms with Crippen molar-refractivity contribution in [3.8, 4) is 0 Å². The first-order chi connectivity index (χ1) is 8.97. The van der Waals surface area contributed by atoms with Gasteiger partial charge in [0.05, 0.1) is 15.6 Å². The summed E-state index contributed by atoms with van der Waals surface area (Å²) in [6.07, 6.45) is 0. The van der Waals surface area contributed by atoms with Crippen LogP contribution in [0.5, 0.6) is 0 Å². The van der Waals surface area contributed by atoms with Crippen LogP contribution < -0.4 is 11.1 Å². The third kappa shape index (κ3) is 3.41. The molecule has 0 saturated heterocycles. The number of carbonyl (C=O) groups excluding carboxylic acids is 1. The van der Waals surface area contributed by atoms with Crippen LogP contribution in [0.25, 0.3) is 0 Å². The molecule has 0 fully saturated rings. The first-order valence-electron chi connectivity index (χ1n) is 5.29.